The number of nitrogens with zero attached hydrogens (tertiary/aromatic N) is 1. The van der Waals surface area contributed by atoms with Gasteiger partial charge in [-0.05, 0) is 37.1 Å². The monoisotopic (exact) mass is 260 g/mol. The molecule has 0 radical (unpaired) electrons. The van der Waals surface area contributed by atoms with Crippen LogP contribution in [0.1, 0.15) is 18.9 Å². The van der Waals surface area contributed by atoms with Crippen molar-refractivity contribution in [2.45, 2.75) is 19.4 Å². The van der Waals surface area contributed by atoms with E-state index in [2.05, 4.69) is 0 Å². The maximum absolute atomic E-state index is 11.9. The van der Waals surface area contributed by atoms with Crippen LogP contribution in [0.5, 0.6) is 5.75 Å². The summed E-state index contributed by atoms with van der Waals surface area (Å²) in [6.45, 7) is 4.02. The first kappa shape index (κ1) is 13.6. The van der Waals surface area contributed by atoms with Crippen LogP contribution >= 0.6 is 0 Å². The highest BCUT2D eigenvalue weighted by molar-refractivity contribution is 5.92. The fraction of sp³-hybridized carbons (Fsp3) is 0.400. The average molecular weight is 260 g/mol. The molecule has 4 heteroatoms. The second-order valence-electron chi connectivity index (χ2n) is 4.67. The lowest BCUT2D eigenvalue weighted by Crippen LogP contribution is -2.30. The van der Waals surface area contributed by atoms with Gasteiger partial charge in [0.15, 0.2) is 0 Å². The van der Waals surface area contributed by atoms with Crippen LogP contribution in [-0.4, -0.2) is 36.5 Å². The first-order valence-electron chi connectivity index (χ1n) is 6.64. The summed E-state index contributed by atoms with van der Waals surface area (Å²) in [5.74, 6) is 0.873. The zero-order valence-corrected chi connectivity index (χ0v) is 11.2. The molecule has 1 aromatic carbocycles. The van der Waals surface area contributed by atoms with Crippen molar-refractivity contribution in [3.05, 3.63) is 35.9 Å². The van der Waals surface area contributed by atoms with Crippen LogP contribution in [0, 0.1) is 0 Å². The lowest BCUT2D eigenvalue weighted by atomic mass is 10.2. The number of benzene rings is 1. The number of nitrogens with two attached hydrogens (primary N) is 1. The normalized spacial score (nSPS) is 19.1. The fourth-order valence-corrected chi connectivity index (χ4v) is 2.10. The van der Waals surface area contributed by atoms with E-state index in [-0.39, 0.29) is 11.9 Å². The van der Waals surface area contributed by atoms with Crippen molar-refractivity contribution in [3.63, 3.8) is 0 Å². The molecular formula is C15H20N2O2. The van der Waals surface area contributed by atoms with Crippen LogP contribution < -0.4 is 10.5 Å². The number of carbonyl (C=O) groups is 1. The quantitative estimate of drug-likeness (QED) is 0.838. The lowest BCUT2D eigenvalue weighted by Gasteiger charge is -2.12. The van der Waals surface area contributed by atoms with Gasteiger partial charge in [0.1, 0.15) is 5.75 Å². The van der Waals surface area contributed by atoms with E-state index in [0.29, 0.717) is 13.2 Å². The Morgan fingerprint density at radius 1 is 1.47 bits per heavy atom. The van der Waals surface area contributed by atoms with Crippen molar-refractivity contribution in [1.29, 1.82) is 0 Å². The van der Waals surface area contributed by atoms with Crippen LogP contribution in [-0.2, 0) is 4.79 Å². The van der Waals surface area contributed by atoms with Crippen molar-refractivity contribution < 1.29 is 9.53 Å². The van der Waals surface area contributed by atoms with Gasteiger partial charge in [-0.1, -0.05) is 12.1 Å². The lowest BCUT2D eigenvalue weighted by molar-refractivity contribution is -0.124. The second kappa shape index (κ2) is 6.38. The van der Waals surface area contributed by atoms with Crippen LogP contribution in [0.25, 0.3) is 6.08 Å². The molecule has 4 nitrogen and oxygen atoms in total. The zero-order valence-electron chi connectivity index (χ0n) is 11.2. The average Bonchev–Trinajstić information content (AvgIpc) is 2.85. The van der Waals surface area contributed by atoms with Gasteiger partial charge >= 0.3 is 0 Å². The third-order valence-electron chi connectivity index (χ3n) is 3.15. The first-order valence-corrected chi connectivity index (χ1v) is 6.64. The Hall–Kier alpha value is -1.81. The fourth-order valence-electron chi connectivity index (χ4n) is 2.10. The summed E-state index contributed by atoms with van der Waals surface area (Å²) in [6, 6.07) is 7.80. The Kier molecular flexibility index (Phi) is 4.58. The van der Waals surface area contributed by atoms with Crippen LogP contribution in [0.2, 0.25) is 0 Å². The van der Waals surface area contributed by atoms with Gasteiger partial charge in [0, 0.05) is 25.2 Å². The van der Waals surface area contributed by atoms with Gasteiger partial charge < -0.3 is 15.4 Å². The summed E-state index contributed by atoms with van der Waals surface area (Å²) in [4.78, 5) is 13.7. The first-order chi connectivity index (χ1) is 9.19. The number of likely N-dealkylation sites (tertiary alicyclic amines) is 1. The second-order valence-corrected chi connectivity index (χ2v) is 4.67. The molecule has 1 saturated heterocycles. The smallest absolute Gasteiger partial charge is 0.246 e. The highest BCUT2D eigenvalue weighted by atomic mass is 16.5. The minimum atomic E-state index is 0.0295. The molecule has 1 heterocycles. The molecule has 2 rings (SSSR count). The van der Waals surface area contributed by atoms with Gasteiger partial charge in [0.2, 0.25) is 5.91 Å². The van der Waals surface area contributed by atoms with E-state index in [1.54, 1.807) is 11.0 Å². The summed E-state index contributed by atoms with van der Waals surface area (Å²) in [6.07, 6.45) is 4.32. The molecule has 1 aromatic rings. The number of hydrogen-bond donors (Lipinski definition) is 1. The molecule has 1 aliphatic heterocycles. The molecule has 19 heavy (non-hydrogen) atoms. The summed E-state index contributed by atoms with van der Waals surface area (Å²) in [5, 5.41) is 0. The Morgan fingerprint density at radius 3 is 2.79 bits per heavy atom. The number of amides is 1. The maximum atomic E-state index is 11.9. The van der Waals surface area contributed by atoms with E-state index in [0.717, 1.165) is 24.3 Å². The molecule has 2 N–H and O–H groups in total. The maximum Gasteiger partial charge on any atom is 0.246 e. The predicted octanol–water partition coefficient (Wildman–Crippen LogP) is 1.66. The van der Waals surface area contributed by atoms with Crippen molar-refractivity contribution in [3.8, 4) is 5.75 Å². The largest absolute Gasteiger partial charge is 0.494 e. The number of rotatable bonds is 4. The number of ether oxygens (including phenoxy) is 1. The summed E-state index contributed by atoms with van der Waals surface area (Å²) in [5.41, 5.74) is 6.77. The topological polar surface area (TPSA) is 55.6 Å². The number of hydrogen-bond acceptors (Lipinski definition) is 3. The van der Waals surface area contributed by atoms with Crippen molar-refractivity contribution in [2.24, 2.45) is 5.73 Å². The molecular weight excluding hydrogens is 240 g/mol. The van der Waals surface area contributed by atoms with Gasteiger partial charge in [-0.2, -0.15) is 0 Å². The molecule has 102 valence electrons. The third kappa shape index (κ3) is 3.83. The molecule has 1 amide bonds. The minimum Gasteiger partial charge on any atom is -0.494 e. The van der Waals surface area contributed by atoms with Crippen molar-refractivity contribution in [1.82, 2.24) is 4.90 Å². The van der Waals surface area contributed by atoms with Gasteiger partial charge in [-0.15, -0.1) is 0 Å². The molecule has 0 bridgehead atoms. The van der Waals surface area contributed by atoms with E-state index in [4.69, 9.17) is 10.5 Å². The van der Waals surface area contributed by atoms with Crippen LogP contribution in [0.4, 0.5) is 0 Å². The van der Waals surface area contributed by atoms with E-state index in [1.165, 1.54) is 0 Å². The molecule has 0 aliphatic carbocycles. The van der Waals surface area contributed by atoms with Crippen LogP contribution in [0.3, 0.4) is 0 Å². The molecule has 1 fully saturated rings. The Balaban J connectivity index is 1.92. The minimum absolute atomic E-state index is 0.0295. The SMILES string of the molecule is CCOc1ccc(/C=C/C(=O)N2CC[C@H](N)C2)cc1. The Morgan fingerprint density at radius 2 is 2.21 bits per heavy atom. The third-order valence-corrected chi connectivity index (χ3v) is 3.15. The van der Waals surface area contributed by atoms with E-state index < -0.39 is 0 Å². The Bertz CT molecular complexity index is 454. The number of carbonyl (C=O) groups excluding carboxylic acids is 1. The van der Waals surface area contributed by atoms with Crippen molar-refractivity contribution in [2.75, 3.05) is 19.7 Å². The molecule has 1 atom stereocenters. The summed E-state index contributed by atoms with van der Waals surface area (Å²) < 4.78 is 5.37. The molecule has 1 aliphatic rings. The zero-order chi connectivity index (χ0) is 13.7. The highest BCUT2D eigenvalue weighted by Crippen LogP contribution is 2.14. The standard InChI is InChI=1S/C15H20N2O2/c1-2-19-14-6-3-12(4-7-14)5-8-15(18)17-10-9-13(16)11-17/h3-8,13H,2,9-11,16H2,1H3/b8-5+/t13-/m0/s1. The molecule has 0 aromatic heterocycles. The predicted molar refractivity (Wildman–Crippen MR) is 75.8 cm³/mol. The van der Waals surface area contributed by atoms with Gasteiger partial charge in [-0.3, -0.25) is 4.79 Å². The Labute approximate surface area is 113 Å². The molecule has 0 saturated carbocycles. The van der Waals surface area contributed by atoms with E-state index >= 15 is 0 Å². The summed E-state index contributed by atoms with van der Waals surface area (Å²) in [7, 11) is 0. The highest BCUT2D eigenvalue weighted by Gasteiger charge is 2.21. The molecule has 0 unspecified atom stereocenters. The molecule has 0 spiro atoms. The van der Waals surface area contributed by atoms with E-state index in [9.17, 15) is 4.79 Å². The van der Waals surface area contributed by atoms with Gasteiger partial charge in [-0.25, -0.2) is 0 Å². The van der Waals surface area contributed by atoms with Crippen molar-refractivity contribution >= 4 is 12.0 Å². The van der Waals surface area contributed by atoms with Crippen LogP contribution in [0.15, 0.2) is 30.3 Å². The summed E-state index contributed by atoms with van der Waals surface area (Å²) >= 11 is 0. The van der Waals surface area contributed by atoms with Gasteiger partial charge in [0.25, 0.3) is 0 Å². The van der Waals surface area contributed by atoms with E-state index in [1.807, 2.05) is 37.3 Å². The van der Waals surface area contributed by atoms with Gasteiger partial charge in [0.05, 0.1) is 6.61 Å².